The number of aromatic nitrogens is 2. The lowest BCUT2D eigenvalue weighted by molar-refractivity contribution is 0.220. The quantitative estimate of drug-likeness (QED) is 0.891. The van der Waals surface area contributed by atoms with Crippen LogP contribution in [0.25, 0.3) is 0 Å². The van der Waals surface area contributed by atoms with Crippen LogP contribution in [0, 0.1) is 13.8 Å². The maximum absolute atomic E-state index is 12.5. The Hall–Kier alpha value is -2.21. The van der Waals surface area contributed by atoms with Gasteiger partial charge in [-0.2, -0.15) is 5.10 Å². The van der Waals surface area contributed by atoms with Crippen molar-refractivity contribution in [1.29, 1.82) is 0 Å². The number of methoxy groups -OCH3 is 1. The van der Waals surface area contributed by atoms with Crippen LogP contribution in [0.15, 0.2) is 18.2 Å². The molecule has 24 heavy (non-hydrogen) atoms. The number of nitrogens with one attached hydrogen (secondary N) is 1. The van der Waals surface area contributed by atoms with Gasteiger partial charge >= 0.3 is 6.03 Å². The number of benzene rings is 1. The van der Waals surface area contributed by atoms with Crippen molar-refractivity contribution in [1.82, 2.24) is 14.7 Å². The van der Waals surface area contributed by atoms with Gasteiger partial charge in [0.25, 0.3) is 0 Å². The highest BCUT2D eigenvalue weighted by Crippen LogP contribution is 2.28. The number of aryl methyl sites for hydroxylation is 2. The Morgan fingerprint density at radius 2 is 2.12 bits per heavy atom. The molecule has 1 heterocycles. The van der Waals surface area contributed by atoms with Crippen molar-refractivity contribution >= 4 is 23.3 Å². The van der Waals surface area contributed by atoms with Crippen molar-refractivity contribution in [2.45, 2.75) is 33.9 Å². The lowest BCUT2D eigenvalue weighted by atomic mass is 10.2. The predicted octanol–water partition coefficient (Wildman–Crippen LogP) is 3.85. The zero-order valence-electron chi connectivity index (χ0n) is 14.7. The van der Waals surface area contributed by atoms with Crippen molar-refractivity contribution in [2.24, 2.45) is 0 Å². The molecule has 0 spiro atoms. The fourth-order valence-corrected chi connectivity index (χ4v) is 2.74. The first-order valence-corrected chi connectivity index (χ1v) is 8.13. The van der Waals surface area contributed by atoms with Gasteiger partial charge in [0.2, 0.25) is 0 Å². The molecule has 0 radical (unpaired) electrons. The van der Waals surface area contributed by atoms with Crippen LogP contribution in [-0.4, -0.2) is 34.9 Å². The highest BCUT2D eigenvalue weighted by Gasteiger charge is 2.17. The minimum absolute atomic E-state index is 0.237. The summed E-state index contributed by atoms with van der Waals surface area (Å²) >= 11 is 6.00. The number of anilines is 1. The lowest BCUT2D eigenvalue weighted by Crippen LogP contribution is -2.31. The first-order chi connectivity index (χ1) is 11.4. The number of hydrogen-bond acceptors (Lipinski definition) is 3. The first kappa shape index (κ1) is 18.1. The summed E-state index contributed by atoms with van der Waals surface area (Å²) < 4.78 is 7.19. The lowest BCUT2D eigenvalue weighted by Gasteiger charge is -2.19. The molecule has 0 unspecified atom stereocenters. The highest BCUT2D eigenvalue weighted by molar-refractivity contribution is 6.31. The van der Waals surface area contributed by atoms with Crippen molar-refractivity contribution in [3.05, 3.63) is 40.2 Å². The van der Waals surface area contributed by atoms with Crippen LogP contribution < -0.4 is 10.1 Å². The van der Waals surface area contributed by atoms with Crippen LogP contribution in [0.4, 0.5) is 10.5 Å². The first-order valence-electron chi connectivity index (χ1n) is 7.75. The summed E-state index contributed by atoms with van der Waals surface area (Å²) in [7, 11) is 3.29. The van der Waals surface area contributed by atoms with E-state index in [0.29, 0.717) is 23.0 Å². The van der Waals surface area contributed by atoms with Gasteiger partial charge in [-0.05, 0) is 39.0 Å². The fourth-order valence-electron chi connectivity index (χ4n) is 2.57. The maximum Gasteiger partial charge on any atom is 0.321 e. The highest BCUT2D eigenvalue weighted by atomic mass is 35.5. The van der Waals surface area contributed by atoms with E-state index in [9.17, 15) is 4.79 Å². The van der Waals surface area contributed by atoms with Crippen molar-refractivity contribution < 1.29 is 9.53 Å². The summed E-state index contributed by atoms with van der Waals surface area (Å²) in [5.41, 5.74) is 3.62. The molecule has 2 rings (SSSR count). The van der Waals surface area contributed by atoms with Gasteiger partial charge in [-0.3, -0.25) is 4.68 Å². The number of halogens is 1. The molecular formula is C17H23ClN4O2. The number of hydrogen-bond donors (Lipinski definition) is 1. The van der Waals surface area contributed by atoms with Crippen LogP contribution in [0.2, 0.25) is 5.02 Å². The van der Waals surface area contributed by atoms with Crippen LogP contribution in [0.5, 0.6) is 5.75 Å². The van der Waals surface area contributed by atoms with Crippen LogP contribution in [0.3, 0.4) is 0 Å². The SMILES string of the molecule is CCn1nc(C)c(CN(C)C(=O)Nc2cc(Cl)ccc2OC)c1C. The van der Waals surface area contributed by atoms with Gasteiger partial charge in [0.05, 0.1) is 25.0 Å². The van der Waals surface area contributed by atoms with E-state index in [4.69, 9.17) is 16.3 Å². The smallest absolute Gasteiger partial charge is 0.321 e. The number of amides is 2. The van der Waals surface area contributed by atoms with E-state index >= 15 is 0 Å². The molecule has 0 saturated carbocycles. The third-order valence-electron chi connectivity index (χ3n) is 3.98. The predicted molar refractivity (Wildman–Crippen MR) is 95.9 cm³/mol. The van der Waals surface area contributed by atoms with E-state index in [1.807, 2.05) is 25.5 Å². The Kier molecular flexibility index (Phi) is 5.72. The van der Waals surface area contributed by atoms with Crippen molar-refractivity contribution in [3.63, 3.8) is 0 Å². The number of ether oxygens (including phenoxy) is 1. The molecular weight excluding hydrogens is 328 g/mol. The Morgan fingerprint density at radius 3 is 2.71 bits per heavy atom. The molecule has 7 heteroatoms. The Morgan fingerprint density at radius 1 is 1.42 bits per heavy atom. The van der Waals surface area contributed by atoms with Crippen molar-refractivity contribution in [2.75, 3.05) is 19.5 Å². The largest absolute Gasteiger partial charge is 0.495 e. The average molecular weight is 351 g/mol. The van der Waals surface area contributed by atoms with Gasteiger partial charge < -0.3 is 15.0 Å². The van der Waals surface area contributed by atoms with Crippen LogP contribution in [-0.2, 0) is 13.1 Å². The van der Waals surface area contributed by atoms with Gasteiger partial charge in [0, 0.05) is 29.9 Å². The third kappa shape index (κ3) is 3.82. The molecule has 0 aliphatic heterocycles. The minimum Gasteiger partial charge on any atom is -0.495 e. The molecule has 0 bridgehead atoms. The number of rotatable bonds is 5. The summed E-state index contributed by atoms with van der Waals surface area (Å²) in [6.45, 7) is 7.31. The van der Waals surface area contributed by atoms with Gasteiger partial charge in [-0.1, -0.05) is 11.6 Å². The number of urea groups is 1. The zero-order chi connectivity index (χ0) is 17.9. The molecule has 1 N–H and O–H groups in total. The summed E-state index contributed by atoms with van der Waals surface area (Å²) in [5.74, 6) is 0.562. The van der Waals surface area contributed by atoms with Gasteiger partial charge in [0.15, 0.2) is 0 Å². The topological polar surface area (TPSA) is 59.4 Å². The Bertz CT molecular complexity index is 742. The Labute approximate surface area is 147 Å². The Balaban J connectivity index is 2.13. The molecule has 1 aromatic heterocycles. The second kappa shape index (κ2) is 7.57. The number of nitrogens with zero attached hydrogens (tertiary/aromatic N) is 3. The van der Waals surface area contributed by atoms with Crippen molar-refractivity contribution in [3.8, 4) is 5.75 Å². The normalized spacial score (nSPS) is 10.6. The molecule has 1 aromatic carbocycles. The summed E-state index contributed by atoms with van der Waals surface area (Å²) in [4.78, 5) is 14.1. The average Bonchev–Trinajstić information content (AvgIpc) is 2.82. The molecule has 6 nitrogen and oxygen atoms in total. The second-order valence-corrected chi connectivity index (χ2v) is 6.03. The molecule has 2 amide bonds. The second-order valence-electron chi connectivity index (χ2n) is 5.60. The van der Waals surface area contributed by atoms with E-state index in [1.54, 1.807) is 37.3 Å². The molecule has 0 saturated heterocycles. The van der Waals surface area contributed by atoms with E-state index < -0.39 is 0 Å². The molecule has 0 aliphatic rings. The van der Waals surface area contributed by atoms with Gasteiger partial charge in [0.1, 0.15) is 5.75 Å². The monoisotopic (exact) mass is 350 g/mol. The molecule has 0 fully saturated rings. The van der Waals surface area contributed by atoms with Gasteiger partial charge in [-0.25, -0.2) is 4.79 Å². The molecule has 130 valence electrons. The van der Waals surface area contributed by atoms with E-state index in [2.05, 4.69) is 10.4 Å². The molecule has 0 atom stereocenters. The summed E-state index contributed by atoms with van der Waals surface area (Å²) in [5, 5.41) is 7.85. The summed E-state index contributed by atoms with van der Waals surface area (Å²) in [6, 6.07) is 4.86. The molecule has 0 aliphatic carbocycles. The fraction of sp³-hybridized carbons (Fsp3) is 0.412. The van der Waals surface area contributed by atoms with Gasteiger partial charge in [-0.15, -0.1) is 0 Å². The maximum atomic E-state index is 12.5. The third-order valence-corrected chi connectivity index (χ3v) is 4.21. The number of carbonyl (C=O) groups excluding carboxylic acids is 1. The van der Waals surface area contributed by atoms with Crippen LogP contribution >= 0.6 is 11.6 Å². The number of carbonyl (C=O) groups is 1. The molecule has 2 aromatic rings. The standard InChI is InChI=1S/C17H23ClN4O2/c1-6-22-12(3)14(11(2)20-22)10-21(4)17(23)19-15-9-13(18)7-8-16(15)24-5/h7-9H,6,10H2,1-5H3,(H,19,23). The van der Waals surface area contributed by atoms with E-state index in [1.165, 1.54) is 0 Å². The zero-order valence-corrected chi connectivity index (χ0v) is 15.4. The summed E-state index contributed by atoms with van der Waals surface area (Å²) in [6.07, 6.45) is 0. The minimum atomic E-state index is -0.237. The van der Waals surface area contributed by atoms with E-state index in [-0.39, 0.29) is 6.03 Å². The van der Waals surface area contributed by atoms with Crippen LogP contribution in [0.1, 0.15) is 23.9 Å². The van der Waals surface area contributed by atoms with E-state index in [0.717, 1.165) is 23.5 Å².